The number of rotatable bonds is 1. The third-order valence-electron chi connectivity index (χ3n) is 2.95. The van der Waals surface area contributed by atoms with E-state index in [2.05, 4.69) is 4.98 Å². The molecule has 0 fully saturated rings. The molecule has 3 nitrogen and oxygen atoms in total. The average molecular weight is 257 g/mol. The molecule has 0 aliphatic rings. The number of pyridine rings is 1. The van der Waals surface area contributed by atoms with E-state index in [0.29, 0.717) is 21.9 Å². The molecular weight excluding hydrogens is 248 g/mol. The van der Waals surface area contributed by atoms with Gasteiger partial charge in [-0.2, -0.15) is 0 Å². The van der Waals surface area contributed by atoms with Crippen molar-refractivity contribution in [1.29, 1.82) is 0 Å². The number of carbonyl (C=O) groups is 1. The molecule has 18 heavy (non-hydrogen) atoms. The minimum Gasteiger partial charge on any atom is -0.398 e. The van der Waals surface area contributed by atoms with E-state index in [1.165, 1.54) is 0 Å². The first-order valence-electron chi connectivity index (χ1n) is 5.43. The van der Waals surface area contributed by atoms with Gasteiger partial charge in [0.05, 0.1) is 5.52 Å². The Hall–Kier alpha value is -2.13. The van der Waals surface area contributed by atoms with Crippen LogP contribution < -0.4 is 5.73 Å². The van der Waals surface area contributed by atoms with Gasteiger partial charge in [0.1, 0.15) is 5.69 Å². The molecule has 0 amide bonds. The first kappa shape index (κ1) is 11.0. The SMILES string of the molecule is Nc1cccc2c(C=O)nc3ccc(Cl)cc3c12. The minimum atomic E-state index is 0.395. The van der Waals surface area contributed by atoms with Crippen LogP contribution in [0.15, 0.2) is 36.4 Å². The second-order valence-corrected chi connectivity index (χ2v) is 4.48. The van der Waals surface area contributed by atoms with E-state index in [4.69, 9.17) is 17.3 Å². The van der Waals surface area contributed by atoms with Gasteiger partial charge in [-0.25, -0.2) is 4.98 Å². The van der Waals surface area contributed by atoms with Crippen LogP contribution in [-0.4, -0.2) is 11.3 Å². The fourth-order valence-corrected chi connectivity index (χ4v) is 2.34. The number of hydrogen-bond donors (Lipinski definition) is 1. The van der Waals surface area contributed by atoms with Crippen LogP contribution in [0.3, 0.4) is 0 Å². The van der Waals surface area contributed by atoms with Crippen molar-refractivity contribution < 1.29 is 4.79 Å². The van der Waals surface area contributed by atoms with Crippen molar-refractivity contribution in [3.63, 3.8) is 0 Å². The summed E-state index contributed by atoms with van der Waals surface area (Å²) in [5.74, 6) is 0. The van der Waals surface area contributed by atoms with Gasteiger partial charge in [-0.05, 0) is 24.3 Å². The van der Waals surface area contributed by atoms with Gasteiger partial charge >= 0.3 is 0 Å². The Labute approximate surface area is 108 Å². The highest BCUT2D eigenvalue weighted by atomic mass is 35.5. The summed E-state index contributed by atoms with van der Waals surface area (Å²) in [4.78, 5) is 15.4. The lowest BCUT2D eigenvalue weighted by atomic mass is 10.0. The molecule has 1 heterocycles. The van der Waals surface area contributed by atoms with Crippen LogP contribution in [0, 0.1) is 0 Å². The van der Waals surface area contributed by atoms with E-state index in [9.17, 15) is 4.79 Å². The maximum absolute atomic E-state index is 11.1. The van der Waals surface area contributed by atoms with Crippen molar-refractivity contribution in [1.82, 2.24) is 4.98 Å². The van der Waals surface area contributed by atoms with Gasteiger partial charge in [-0.1, -0.05) is 23.7 Å². The van der Waals surface area contributed by atoms with Crippen LogP contribution in [0.1, 0.15) is 10.5 Å². The zero-order valence-electron chi connectivity index (χ0n) is 9.35. The molecule has 0 saturated carbocycles. The molecule has 0 atom stereocenters. The highest BCUT2D eigenvalue weighted by molar-refractivity contribution is 6.32. The van der Waals surface area contributed by atoms with Crippen LogP contribution in [0.25, 0.3) is 21.7 Å². The Morgan fingerprint density at radius 1 is 1.17 bits per heavy atom. The summed E-state index contributed by atoms with van der Waals surface area (Å²) in [6, 6.07) is 10.8. The number of aromatic nitrogens is 1. The van der Waals surface area contributed by atoms with E-state index in [0.717, 1.165) is 22.4 Å². The molecule has 4 heteroatoms. The van der Waals surface area contributed by atoms with E-state index in [1.807, 2.05) is 18.2 Å². The Kier molecular flexibility index (Phi) is 2.42. The zero-order valence-corrected chi connectivity index (χ0v) is 10.1. The van der Waals surface area contributed by atoms with Gasteiger partial charge in [0, 0.05) is 26.9 Å². The van der Waals surface area contributed by atoms with Gasteiger partial charge in [0.15, 0.2) is 6.29 Å². The summed E-state index contributed by atoms with van der Waals surface area (Å²) < 4.78 is 0. The standard InChI is InChI=1S/C14H9ClN2O/c15-8-4-5-12-10(6-8)14-9(13(7-18)17-12)2-1-3-11(14)16/h1-7H,16H2. The number of anilines is 1. The zero-order chi connectivity index (χ0) is 12.7. The summed E-state index contributed by atoms with van der Waals surface area (Å²) in [6.45, 7) is 0. The lowest BCUT2D eigenvalue weighted by molar-refractivity contribution is 0.112. The summed E-state index contributed by atoms with van der Waals surface area (Å²) >= 11 is 6.01. The summed E-state index contributed by atoms with van der Waals surface area (Å²) in [6.07, 6.45) is 0.746. The summed E-state index contributed by atoms with van der Waals surface area (Å²) in [7, 11) is 0. The third kappa shape index (κ3) is 1.52. The predicted octanol–water partition coefficient (Wildman–Crippen LogP) is 3.44. The number of halogens is 1. The second-order valence-electron chi connectivity index (χ2n) is 4.05. The number of carbonyl (C=O) groups excluding carboxylic acids is 1. The van der Waals surface area contributed by atoms with Crippen LogP contribution in [-0.2, 0) is 0 Å². The predicted molar refractivity (Wildman–Crippen MR) is 74.1 cm³/mol. The van der Waals surface area contributed by atoms with Gasteiger partial charge in [0.25, 0.3) is 0 Å². The quantitative estimate of drug-likeness (QED) is 0.412. The van der Waals surface area contributed by atoms with Crippen molar-refractivity contribution in [2.45, 2.75) is 0 Å². The smallest absolute Gasteiger partial charge is 0.169 e. The van der Waals surface area contributed by atoms with Crippen molar-refractivity contribution in [2.75, 3.05) is 5.73 Å². The first-order valence-corrected chi connectivity index (χ1v) is 5.81. The third-order valence-corrected chi connectivity index (χ3v) is 3.19. The molecule has 3 aromatic rings. The molecule has 0 bridgehead atoms. The highest BCUT2D eigenvalue weighted by Crippen LogP contribution is 2.31. The summed E-state index contributed by atoms with van der Waals surface area (Å²) in [5, 5.41) is 3.06. The molecule has 0 spiro atoms. The first-order chi connectivity index (χ1) is 8.70. The Bertz CT molecular complexity index is 783. The van der Waals surface area contributed by atoms with Crippen LogP contribution in [0.4, 0.5) is 5.69 Å². The number of nitrogens with zero attached hydrogens (tertiary/aromatic N) is 1. The molecule has 2 N–H and O–H groups in total. The fraction of sp³-hybridized carbons (Fsp3) is 0. The number of nitrogen functional groups attached to an aromatic ring is 1. The van der Waals surface area contributed by atoms with Gasteiger partial charge < -0.3 is 5.73 Å². The number of aldehydes is 1. The molecule has 0 unspecified atom stereocenters. The summed E-state index contributed by atoms with van der Waals surface area (Å²) in [5.41, 5.74) is 7.74. The molecule has 0 aliphatic heterocycles. The number of fused-ring (bicyclic) bond motifs is 3. The molecular formula is C14H9ClN2O. The number of benzene rings is 2. The monoisotopic (exact) mass is 256 g/mol. The van der Waals surface area contributed by atoms with Crippen molar-refractivity contribution >= 4 is 45.2 Å². The molecule has 0 radical (unpaired) electrons. The highest BCUT2D eigenvalue weighted by Gasteiger charge is 2.10. The van der Waals surface area contributed by atoms with Crippen molar-refractivity contribution in [3.8, 4) is 0 Å². The van der Waals surface area contributed by atoms with E-state index >= 15 is 0 Å². The molecule has 2 aromatic carbocycles. The topological polar surface area (TPSA) is 56.0 Å². The Morgan fingerprint density at radius 2 is 2.00 bits per heavy atom. The maximum Gasteiger partial charge on any atom is 0.169 e. The lowest BCUT2D eigenvalue weighted by Gasteiger charge is -2.08. The molecule has 0 saturated heterocycles. The minimum absolute atomic E-state index is 0.395. The molecule has 3 rings (SSSR count). The normalized spacial score (nSPS) is 10.9. The van der Waals surface area contributed by atoms with E-state index < -0.39 is 0 Å². The molecule has 88 valence electrons. The van der Waals surface area contributed by atoms with Crippen molar-refractivity contribution in [3.05, 3.63) is 47.1 Å². The average Bonchev–Trinajstić information content (AvgIpc) is 2.38. The fourth-order valence-electron chi connectivity index (χ4n) is 2.17. The van der Waals surface area contributed by atoms with Gasteiger partial charge in [-0.3, -0.25) is 4.79 Å². The maximum atomic E-state index is 11.1. The van der Waals surface area contributed by atoms with Crippen LogP contribution in [0.5, 0.6) is 0 Å². The number of nitrogens with two attached hydrogens (primary N) is 1. The van der Waals surface area contributed by atoms with Crippen LogP contribution in [0.2, 0.25) is 5.02 Å². The van der Waals surface area contributed by atoms with E-state index in [-0.39, 0.29) is 0 Å². The van der Waals surface area contributed by atoms with Crippen molar-refractivity contribution in [2.24, 2.45) is 0 Å². The van der Waals surface area contributed by atoms with Crippen LogP contribution >= 0.6 is 11.6 Å². The lowest BCUT2D eigenvalue weighted by Crippen LogP contribution is -1.95. The largest absolute Gasteiger partial charge is 0.398 e. The Morgan fingerprint density at radius 3 is 2.78 bits per heavy atom. The van der Waals surface area contributed by atoms with E-state index in [1.54, 1.807) is 18.2 Å². The number of hydrogen-bond acceptors (Lipinski definition) is 3. The second kappa shape index (κ2) is 3.96. The Balaban J connectivity index is 2.64. The molecule has 1 aromatic heterocycles. The van der Waals surface area contributed by atoms with Gasteiger partial charge in [0.2, 0.25) is 0 Å². The molecule has 0 aliphatic carbocycles. The van der Waals surface area contributed by atoms with Gasteiger partial charge in [-0.15, -0.1) is 0 Å².